The summed E-state index contributed by atoms with van der Waals surface area (Å²) in [7, 11) is 0. The molecule has 0 unspecified atom stereocenters. The molecule has 0 aliphatic heterocycles. The number of hydrogen-bond acceptors (Lipinski definition) is 6. The molecule has 2 aromatic rings. The van der Waals surface area contributed by atoms with Crippen LogP contribution in [0.25, 0.3) is 12.8 Å². The van der Waals surface area contributed by atoms with Crippen LogP contribution in [0.15, 0.2) is 18.2 Å². The molecule has 34 heavy (non-hydrogen) atoms. The lowest BCUT2D eigenvalue weighted by molar-refractivity contribution is 0.0705. The Morgan fingerprint density at radius 3 is 2.41 bits per heavy atom. The molecule has 0 radical (unpaired) electrons. The first kappa shape index (κ1) is 26.0. The quantitative estimate of drug-likeness (QED) is 0.285. The fourth-order valence-electron chi connectivity index (χ4n) is 3.82. The number of phenolic OH excluding ortho intramolecular Hbond substituents is 2. The van der Waals surface area contributed by atoms with Gasteiger partial charge in [-0.15, -0.1) is 23.2 Å². The first-order valence-electron chi connectivity index (χ1n) is 11.3. The van der Waals surface area contributed by atoms with Gasteiger partial charge in [0.2, 0.25) is 0 Å². The third-order valence-electron chi connectivity index (χ3n) is 6.34. The first-order valence-corrected chi connectivity index (χ1v) is 12.4. The summed E-state index contributed by atoms with van der Waals surface area (Å²) in [5, 5.41) is 21.2. The van der Waals surface area contributed by atoms with Gasteiger partial charge in [0.05, 0.1) is 23.1 Å². The molecule has 184 valence electrons. The van der Waals surface area contributed by atoms with Gasteiger partial charge in [0, 0.05) is 41.2 Å². The van der Waals surface area contributed by atoms with Crippen molar-refractivity contribution < 1.29 is 24.5 Å². The molecule has 0 spiro atoms. The smallest absolute Gasteiger partial charge is 0.343 e. The van der Waals surface area contributed by atoms with Gasteiger partial charge in [-0.3, -0.25) is 0 Å². The number of benzene rings is 2. The number of ether oxygens (including phenoxy) is 2. The highest BCUT2D eigenvalue weighted by Gasteiger charge is 2.21. The zero-order valence-corrected chi connectivity index (χ0v) is 21.1. The second kappa shape index (κ2) is 11.7. The molecule has 6 nitrogen and oxygen atoms in total. The Labute approximate surface area is 210 Å². The Morgan fingerprint density at radius 1 is 1.15 bits per heavy atom. The van der Waals surface area contributed by atoms with Crippen LogP contribution in [-0.2, 0) is 4.74 Å². The minimum absolute atomic E-state index is 0.0488. The van der Waals surface area contributed by atoms with E-state index in [2.05, 4.69) is 6.58 Å². The predicted molar refractivity (Wildman–Crippen MR) is 137 cm³/mol. The van der Waals surface area contributed by atoms with E-state index < -0.39 is 5.97 Å². The normalized spacial score (nSPS) is 14.1. The average molecular weight is 508 g/mol. The van der Waals surface area contributed by atoms with Crippen LogP contribution in [0.2, 0.25) is 0 Å². The molecule has 1 aliphatic rings. The number of phenols is 2. The van der Waals surface area contributed by atoms with E-state index in [1.165, 1.54) is 6.42 Å². The molecule has 0 bridgehead atoms. The van der Waals surface area contributed by atoms with Crippen molar-refractivity contribution in [2.24, 2.45) is 5.92 Å². The molecule has 0 amide bonds. The van der Waals surface area contributed by atoms with E-state index in [1.54, 1.807) is 26.0 Å². The van der Waals surface area contributed by atoms with E-state index in [-0.39, 0.29) is 16.7 Å². The maximum Gasteiger partial charge on any atom is 0.343 e. The van der Waals surface area contributed by atoms with Crippen LogP contribution in [-0.4, -0.2) is 47.6 Å². The fraction of sp³-hybridized carbons (Fsp3) is 0.423. The van der Waals surface area contributed by atoms with Gasteiger partial charge in [-0.25, -0.2) is 4.79 Å². The zero-order valence-electron chi connectivity index (χ0n) is 19.6. The summed E-state index contributed by atoms with van der Waals surface area (Å²) in [6, 6.07) is 5.13. The Hall–Kier alpha value is -2.57. The Bertz CT molecular complexity index is 1110. The van der Waals surface area contributed by atoms with Crippen molar-refractivity contribution in [1.29, 1.82) is 0 Å². The number of aromatic hydroxyl groups is 2. The van der Waals surface area contributed by atoms with Gasteiger partial charge in [-0.1, -0.05) is 13.0 Å². The van der Waals surface area contributed by atoms with Gasteiger partial charge in [-0.2, -0.15) is 0 Å². The van der Waals surface area contributed by atoms with E-state index >= 15 is 0 Å². The molecular weight excluding hydrogens is 477 g/mol. The lowest BCUT2D eigenvalue weighted by Gasteiger charge is -2.29. The van der Waals surface area contributed by atoms with Gasteiger partial charge >= 0.3 is 5.97 Å². The molecule has 3 rings (SSSR count). The zero-order chi connectivity index (χ0) is 24.8. The predicted octanol–water partition coefficient (Wildman–Crippen LogP) is 4.18. The standard InChI is InChI=1S/C26H31Cl2NO5/c1-16-17(2)25(31)21(18(3)24(16)30)15-34-26(32)20-7-8-22(29(11-9-27)12-10-28)23(13-20)33-14-19-5-4-6-19/h7-8,13,15,19,30-31H,1,4-6,9-12,14H2,2-3H3. The molecule has 1 saturated carbocycles. The van der Waals surface area contributed by atoms with Crippen LogP contribution in [0.3, 0.4) is 0 Å². The van der Waals surface area contributed by atoms with Crippen molar-refractivity contribution >= 4 is 47.7 Å². The molecule has 2 aromatic carbocycles. The Balaban J connectivity index is 1.90. The lowest BCUT2D eigenvalue weighted by atomic mass is 9.86. The number of rotatable bonds is 10. The van der Waals surface area contributed by atoms with Gasteiger partial charge in [0.15, 0.2) is 0 Å². The number of nitrogens with zero attached hydrogens (tertiary/aromatic N) is 1. The average Bonchev–Trinajstić information content (AvgIpc) is 2.80. The molecule has 1 aliphatic carbocycles. The van der Waals surface area contributed by atoms with Gasteiger partial charge in [0.25, 0.3) is 0 Å². The summed E-state index contributed by atoms with van der Waals surface area (Å²) in [4.78, 5) is 14.9. The summed E-state index contributed by atoms with van der Waals surface area (Å²) in [6.45, 7) is 8.77. The van der Waals surface area contributed by atoms with Crippen LogP contribution in [0.4, 0.5) is 5.69 Å². The van der Waals surface area contributed by atoms with E-state index in [0.717, 1.165) is 24.8 Å². The third-order valence-corrected chi connectivity index (χ3v) is 6.67. The van der Waals surface area contributed by atoms with Crippen molar-refractivity contribution in [1.82, 2.24) is 0 Å². The highest BCUT2D eigenvalue weighted by molar-refractivity contribution is 6.18. The number of carbonyl (C=O) groups is 1. The van der Waals surface area contributed by atoms with Crippen molar-refractivity contribution in [3.8, 4) is 17.2 Å². The lowest BCUT2D eigenvalue weighted by Crippen LogP contribution is -2.28. The summed E-state index contributed by atoms with van der Waals surface area (Å²) in [5.74, 6) is 1.20. The molecule has 0 saturated heterocycles. The minimum Gasteiger partial charge on any atom is -0.507 e. The molecular formula is C26H31Cl2NO5. The van der Waals surface area contributed by atoms with Crippen molar-refractivity contribution in [2.75, 3.05) is 36.4 Å². The minimum atomic E-state index is -0.615. The molecule has 0 aromatic heterocycles. The number of carbonyl (C=O) groups excluding carboxylic acids is 1. The van der Waals surface area contributed by atoms with E-state index in [1.807, 2.05) is 11.0 Å². The fourth-order valence-corrected chi connectivity index (χ4v) is 4.23. The van der Waals surface area contributed by atoms with E-state index in [4.69, 9.17) is 32.7 Å². The Kier molecular flexibility index (Phi) is 8.97. The largest absolute Gasteiger partial charge is 0.507 e. The number of esters is 1. The van der Waals surface area contributed by atoms with E-state index in [9.17, 15) is 15.0 Å². The topological polar surface area (TPSA) is 79.2 Å². The number of hydrogen-bond donors (Lipinski definition) is 2. The maximum atomic E-state index is 12.8. The molecule has 8 heteroatoms. The van der Waals surface area contributed by atoms with Gasteiger partial charge in [0.1, 0.15) is 23.5 Å². The SMILES string of the molecule is C=c1c(C)c(O)c(=COC(=O)c2ccc(N(CCCl)CCCl)c(OCC3CCC3)c2)c(C)c1O. The van der Waals surface area contributed by atoms with Gasteiger partial charge < -0.3 is 24.6 Å². The second-order valence-electron chi connectivity index (χ2n) is 8.52. The number of anilines is 1. The van der Waals surface area contributed by atoms with Crippen LogP contribution in [0, 0.1) is 19.8 Å². The number of halogens is 2. The van der Waals surface area contributed by atoms with Gasteiger partial charge in [-0.05, 0) is 50.8 Å². The van der Waals surface area contributed by atoms with Crippen molar-refractivity contribution in [3.05, 3.63) is 45.3 Å². The molecule has 0 heterocycles. The summed E-state index contributed by atoms with van der Waals surface area (Å²) in [6.07, 6.45) is 4.64. The molecule has 0 atom stereocenters. The highest BCUT2D eigenvalue weighted by atomic mass is 35.5. The summed E-state index contributed by atoms with van der Waals surface area (Å²) < 4.78 is 11.5. The highest BCUT2D eigenvalue weighted by Crippen LogP contribution is 2.33. The van der Waals surface area contributed by atoms with Crippen molar-refractivity contribution in [3.63, 3.8) is 0 Å². The monoisotopic (exact) mass is 507 g/mol. The van der Waals surface area contributed by atoms with Crippen LogP contribution in [0.1, 0.15) is 40.7 Å². The van der Waals surface area contributed by atoms with Crippen LogP contribution >= 0.6 is 23.2 Å². The maximum absolute atomic E-state index is 12.8. The molecule has 2 N–H and O–H groups in total. The van der Waals surface area contributed by atoms with E-state index in [0.29, 0.717) is 65.0 Å². The first-order chi connectivity index (χ1) is 16.3. The van der Waals surface area contributed by atoms with Crippen LogP contribution < -0.4 is 20.1 Å². The third kappa shape index (κ3) is 5.73. The Morgan fingerprint density at radius 2 is 1.82 bits per heavy atom. The molecule has 1 fully saturated rings. The van der Waals surface area contributed by atoms with Crippen LogP contribution in [0.5, 0.6) is 17.2 Å². The summed E-state index contributed by atoms with van der Waals surface area (Å²) in [5.41, 5.74) is 1.91. The number of alkyl halides is 2. The van der Waals surface area contributed by atoms with Crippen molar-refractivity contribution in [2.45, 2.75) is 33.1 Å². The second-order valence-corrected chi connectivity index (χ2v) is 9.27. The summed E-state index contributed by atoms with van der Waals surface area (Å²) >= 11 is 12.0.